The van der Waals surface area contributed by atoms with Gasteiger partial charge in [-0.3, -0.25) is 4.79 Å². The van der Waals surface area contributed by atoms with Crippen molar-refractivity contribution in [1.29, 1.82) is 0 Å². The van der Waals surface area contributed by atoms with Gasteiger partial charge in [-0.05, 0) is 46.0 Å². The van der Waals surface area contributed by atoms with E-state index in [1.807, 2.05) is 0 Å². The molecule has 0 aromatic carbocycles. The fraction of sp³-hybridized carbons (Fsp3) is 0.923. The summed E-state index contributed by atoms with van der Waals surface area (Å²) < 4.78 is 6.10. The van der Waals surface area contributed by atoms with Crippen molar-refractivity contribution in [2.75, 3.05) is 0 Å². The van der Waals surface area contributed by atoms with Crippen molar-refractivity contribution in [3.63, 3.8) is 0 Å². The molecule has 0 N–H and O–H groups in total. The van der Waals surface area contributed by atoms with E-state index in [0.29, 0.717) is 11.7 Å². The smallest absolute Gasteiger partial charge is 0.144 e. The summed E-state index contributed by atoms with van der Waals surface area (Å²) in [4.78, 5) is 12.4. The molecule has 1 saturated heterocycles. The molecular weight excluding hydrogens is 188 g/mol. The molecule has 84 valence electrons. The summed E-state index contributed by atoms with van der Waals surface area (Å²) in [5.74, 6) is 0.906. The first-order valence-electron chi connectivity index (χ1n) is 6.26. The second kappa shape index (κ2) is 2.85. The van der Waals surface area contributed by atoms with Crippen LogP contribution in [0.5, 0.6) is 0 Å². The predicted molar refractivity (Wildman–Crippen MR) is 57.6 cm³/mol. The van der Waals surface area contributed by atoms with Gasteiger partial charge in [-0.1, -0.05) is 6.42 Å². The van der Waals surface area contributed by atoms with Gasteiger partial charge in [-0.2, -0.15) is 0 Å². The summed E-state index contributed by atoms with van der Waals surface area (Å²) >= 11 is 0. The maximum absolute atomic E-state index is 12.4. The van der Waals surface area contributed by atoms with Crippen LogP contribution in [0.1, 0.15) is 52.4 Å². The second-order valence-corrected chi connectivity index (χ2v) is 6.23. The minimum atomic E-state index is -0.0787. The SMILES string of the molecule is CC1(C)C[C@]23CC[C@H](CCC[C@H]2O1)C3=O. The molecule has 15 heavy (non-hydrogen) atoms. The second-order valence-electron chi connectivity index (χ2n) is 6.23. The van der Waals surface area contributed by atoms with Crippen LogP contribution < -0.4 is 0 Å². The van der Waals surface area contributed by atoms with Crippen LogP contribution in [0.4, 0.5) is 0 Å². The van der Waals surface area contributed by atoms with Crippen molar-refractivity contribution in [1.82, 2.24) is 0 Å². The summed E-state index contributed by atoms with van der Waals surface area (Å²) in [6.45, 7) is 4.27. The van der Waals surface area contributed by atoms with Crippen LogP contribution in [0.3, 0.4) is 0 Å². The van der Waals surface area contributed by atoms with Gasteiger partial charge < -0.3 is 4.74 Å². The van der Waals surface area contributed by atoms with E-state index in [4.69, 9.17) is 4.74 Å². The molecule has 1 heterocycles. The molecule has 1 aliphatic heterocycles. The van der Waals surface area contributed by atoms with Crippen LogP contribution >= 0.6 is 0 Å². The molecule has 0 unspecified atom stereocenters. The zero-order valence-electron chi connectivity index (χ0n) is 9.71. The maximum atomic E-state index is 12.4. The van der Waals surface area contributed by atoms with Gasteiger partial charge in [0, 0.05) is 5.92 Å². The minimum absolute atomic E-state index is 0.0768. The van der Waals surface area contributed by atoms with E-state index in [0.717, 1.165) is 32.1 Å². The van der Waals surface area contributed by atoms with Crippen molar-refractivity contribution in [3.05, 3.63) is 0 Å². The summed E-state index contributed by atoms with van der Waals surface area (Å²) in [6, 6.07) is 0. The summed E-state index contributed by atoms with van der Waals surface area (Å²) in [7, 11) is 0. The summed E-state index contributed by atoms with van der Waals surface area (Å²) in [5, 5.41) is 0. The van der Waals surface area contributed by atoms with E-state index >= 15 is 0 Å². The van der Waals surface area contributed by atoms with Crippen molar-refractivity contribution < 1.29 is 9.53 Å². The minimum Gasteiger partial charge on any atom is -0.371 e. The Morgan fingerprint density at radius 1 is 1.27 bits per heavy atom. The molecule has 3 rings (SSSR count). The molecule has 2 saturated carbocycles. The lowest BCUT2D eigenvalue weighted by Gasteiger charge is -2.26. The lowest BCUT2D eigenvalue weighted by molar-refractivity contribution is -0.131. The monoisotopic (exact) mass is 208 g/mol. The molecule has 3 fully saturated rings. The number of hydrogen-bond acceptors (Lipinski definition) is 2. The summed E-state index contributed by atoms with van der Waals surface area (Å²) in [6.07, 6.45) is 6.79. The first-order chi connectivity index (χ1) is 7.04. The van der Waals surface area contributed by atoms with E-state index in [1.165, 1.54) is 6.42 Å². The Morgan fingerprint density at radius 2 is 2.07 bits per heavy atom. The van der Waals surface area contributed by atoms with Gasteiger partial charge in [-0.25, -0.2) is 0 Å². The molecule has 0 aromatic heterocycles. The number of rotatable bonds is 0. The molecule has 2 nitrogen and oxygen atoms in total. The normalized spacial score (nSPS) is 47.7. The van der Waals surface area contributed by atoms with Crippen LogP contribution in [0.25, 0.3) is 0 Å². The quantitative estimate of drug-likeness (QED) is 0.612. The van der Waals surface area contributed by atoms with Gasteiger partial charge in [0.1, 0.15) is 5.78 Å². The van der Waals surface area contributed by atoms with E-state index in [-0.39, 0.29) is 17.1 Å². The number of ketones is 1. The number of carbonyl (C=O) groups is 1. The molecule has 3 atom stereocenters. The molecule has 2 bridgehead atoms. The van der Waals surface area contributed by atoms with Crippen LogP contribution in [0.2, 0.25) is 0 Å². The number of fused-ring (bicyclic) bond motifs is 1. The zero-order valence-corrected chi connectivity index (χ0v) is 9.71. The third-order valence-corrected chi connectivity index (χ3v) is 4.64. The van der Waals surface area contributed by atoms with Crippen LogP contribution in [-0.4, -0.2) is 17.5 Å². The maximum Gasteiger partial charge on any atom is 0.144 e. The van der Waals surface area contributed by atoms with Crippen LogP contribution in [-0.2, 0) is 9.53 Å². The van der Waals surface area contributed by atoms with Crippen molar-refractivity contribution in [3.8, 4) is 0 Å². The van der Waals surface area contributed by atoms with E-state index < -0.39 is 0 Å². The van der Waals surface area contributed by atoms with Crippen molar-refractivity contribution >= 4 is 5.78 Å². The number of hydrogen-bond donors (Lipinski definition) is 0. The van der Waals surface area contributed by atoms with E-state index in [9.17, 15) is 4.79 Å². The Kier molecular flexibility index (Phi) is 1.87. The molecule has 2 heteroatoms. The van der Waals surface area contributed by atoms with Gasteiger partial charge in [0.25, 0.3) is 0 Å². The van der Waals surface area contributed by atoms with Crippen LogP contribution in [0.15, 0.2) is 0 Å². The lowest BCUT2D eigenvalue weighted by atomic mass is 9.74. The van der Waals surface area contributed by atoms with Gasteiger partial charge in [0.2, 0.25) is 0 Å². The molecule has 1 spiro atoms. The average molecular weight is 208 g/mol. The standard InChI is InChI=1S/C13H20O2/c1-12(2)8-13-7-6-9(11(13)14)4-3-5-10(13)15-12/h9-10H,3-8H2,1-2H3/t9-,10+,13+/m0/s1. The molecule has 0 amide bonds. The molecule has 2 aliphatic carbocycles. The highest BCUT2D eigenvalue weighted by Gasteiger charge is 2.60. The fourth-order valence-corrected chi connectivity index (χ4v) is 4.16. The first kappa shape index (κ1) is 9.83. The van der Waals surface area contributed by atoms with Gasteiger partial charge in [0.05, 0.1) is 17.1 Å². The Hall–Kier alpha value is -0.370. The van der Waals surface area contributed by atoms with E-state index in [2.05, 4.69) is 13.8 Å². The topological polar surface area (TPSA) is 26.3 Å². The third kappa shape index (κ3) is 1.24. The molecular formula is C13H20O2. The lowest BCUT2D eigenvalue weighted by Crippen LogP contribution is -2.35. The van der Waals surface area contributed by atoms with E-state index in [1.54, 1.807) is 0 Å². The largest absolute Gasteiger partial charge is 0.371 e. The highest BCUT2D eigenvalue weighted by molar-refractivity contribution is 5.90. The van der Waals surface area contributed by atoms with Crippen molar-refractivity contribution in [2.45, 2.75) is 64.1 Å². The molecule has 0 radical (unpaired) electrons. The first-order valence-corrected chi connectivity index (χ1v) is 6.26. The fourth-order valence-electron chi connectivity index (χ4n) is 4.16. The number of Topliss-reactive ketones (excluding diaryl/α,β-unsaturated/α-hetero) is 1. The highest BCUT2D eigenvalue weighted by atomic mass is 16.5. The number of carbonyl (C=O) groups excluding carboxylic acids is 1. The molecule has 3 aliphatic rings. The predicted octanol–water partition coefficient (Wildman–Crippen LogP) is 2.70. The Labute approximate surface area is 91.4 Å². The van der Waals surface area contributed by atoms with Gasteiger partial charge >= 0.3 is 0 Å². The number of ether oxygens (including phenoxy) is 1. The van der Waals surface area contributed by atoms with Crippen LogP contribution in [0, 0.1) is 11.3 Å². The molecule has 0 aromatic rings. The summed E-state index contributed by atoms with van der Waals surface area (Å²) in [5.41, 5.74) is -0.156. The highest BCUT2D eigenvalue weighted by Crippen LogP contribution is 2.57. The Morgan fingerprint density at radius 3 is 2.87 bits per heavy atom. The Bertz CT molecular complexity index is 308. The third-order valence-electron chi connectivity index (χ3n) is 4.64. The van der Waals surface area contributed by atoms with Gasteiger partial charge in [0.15, 0.2) is 0 Å². The average Bonchev–Trinajstić information content (AvgIpc) is 2.51. The zero-order chi connectivity index (χ0) is 10.7. The van der Waals surface area contributed by atoms with Gasteiger partial charge in [-0.15, -0.1) is 0 Å². The van der Waals surface area contributed by atoms with Crippen molar-refractivity contribution in [2.24, 2.45) is 11.3 Å². The Balaban J connectivity index is 2.01.